The highest BCUT2D eigenvalue weighted by atomic mass is 16.5. The molecule has 0 aliphatic carbocycles. The van der Waals surface area contributed by atoms with E-state index in [0.29, 0.717) is 26.3 Å². The summed E-state index contributed by atoms with van der Waals surface area (Å²) in [5.41, 5.74) is 7.14. The number of ether oxygens (including phenoxy) is 2. The van der Waals surface area contributed by atoms with E-state index in [1.807, 2.05) is 31.2 Å². The molecule has 0 aromatic heterocycles. The van der Waals surface area contributed by atoms with Crippen molar-refractivity contribution in [2.45, 2.75) is 13.0 Å². The van der Waals surface area contributed by atoms with Crippen molar-refractivity contribution in [1.29, 1.82) is 0 Å². The van der Waals surface area contributed by atoms with Gasteiger partial charge in [0.25, 0.3) is 0 Å². The van der Waals surface area contributed by atoms with E-state index in [-0.39, 0.29) is 18.6 Å². The van der Waals surface area contributed by atoms with Gasteiger partial charge in [-0.15, -0.1) is 0 Å². The first-order valence-corrected chi connectivity index (χ1v) is 6.54. The molecule has 5 nitrogen and oxygen atoms in total. The lowest BCUT2D eigenvalue weighted by Gasteiger charge is -2.29. The highest BCUT2D eigenvalue weighted by molar-refractivity contribution is 5.78. The monoisotopic (exact) mass is 264 g/mol. The van der Waals surface area contributed by atoms with Crippen LogP contribution >= 0.6 is 0 Å². The van der Waals surface area contributed by atoms with Gasteiger partial charge in [-0.25, -0.2) is 0 Å². The molecule has 0 bridgehead atoms. The van der Waals surface area contributed by atoms with E-state index in [0.717, 1.165) is 11.3 Å². The quantitative estimate of drug-likeness (QED) is 0.859. The molecule has 1 atom stereocenters. The second kappa shape index (κ2) is 6.54. The van der Waals surface area contributed by atoms with Crippen molar-refractivity contribution >= 4 is 5.91 Å². The van der Waals surface area contributed by atoms with Gasteiger partial charge in [0.2, 0.25) is 5.91 Å². The molecule has 1 aromatic rings. The summed E-state index contributed by atoms with van der Waals surface area (Å²) in [4.78, 5) is 13.4. The summed E-state index contributed by atoms with van der Waals surface area (Å²) in [5, 5.41) is 0. The van der Waals surface area contributed by atoms with E-state index in [1.165, 1.54) is 0 Å². The molecule has 1 aliphatic rings. The van der Waals surface area contributed by atoms with Crippen LogP contribution in [0.1, 0.15) is 18.5 Å². The van der Waals surface area contributed by atoms with Gasteiger partial charge in [-0.3, -0.25) is 4.79 Å². The van der Waals surface area contributed by atoms with Crippen molar-refractivity contribution in [3.8, 4) is 5.75 Å². The third-order valence-electron chi connectivity index (χ3n) is 3.12. The zero-order valence-corrected chi connectivity index (χ0v) is 11.2. The van der Waals surface area contributed by atoms with Crippen molar-refractivity contribution in [3.05, 3.63) is 29.8 Å². The van der Waals surface area contributed by atoms with E-state index >= 15 is 0 Å². The number of nitrogens with two attached hydrogens (primary N) is 1. The zero-order valence-electron chi connectivity index (χ0n) is 11.2. The summed E-state index contributed by atoms with van der Waals surface area (Å²) in [6, 6.07) is 7.51. The molecule has 1 aliphatic heterocycles. The summed E-state index contributed by atoms with van der Waals surface area (Å²) in [7, 11) is 0. The summed E-state index contributed by atoms with van der Waals surface area (Å²) in [5.74, 6) is 0.841. The van der Waals surface area contributed by atoms with Crippen molar-refractivity contribution in [3.63, 3.8) is 0 Å². The van der Waals surface area contributed by atoms with Crippen LogP contribution in [0.4, 0.5) is 0 Å². The maximum absolute atomic E-state index is 11.6. The summed E-state index contributed by atoms with van der Waals surface area (Å²) in [6.07, 6.45) is 0. The minimum Gasteiger partial charge on any atom is -0.494 e. The third-order valence-corrected chi connectivity index (χ3v) is 3.12. The van der Waals surface area contributed by atoms with Crippen LogP contribution in [0.3, 0.4) is 0 Å². The predicted molar refractivity (Wildman–Crippen MR) is 71.9 cm³/mol. The molecule has 1 heterocycles. The molecule has 0 spiro atoms. The first kappa shape index (κ1) is 13.8. The van der Waals surface area contributed by atoms with Crippen LogP contribution in [0.2, 0.25) is 0 Å². The highest BCUT2D eigenvalue weighted by Crippen LogP contribution is 2.17. The molecule has 1 saturated heterocycles. The van der Waals surface area contributed by atoms with Gasteiger partial charge in [0, 0.05) is 19.1 Å². The second-order valence-electron chi connectivity index (χ2n) is 4.50. The van der Waals surface area contributed by atoms with Crippen LogP contribution in [0, 0.1) is 0 Å². The topological polar surface area (TPSA) is 64.8 Å². The number of morpholine rings is 1. The van der Waals surface area contributed by atoms with Crippen LogP contribution in [0.5, 0.6) is 5.75 Å². The molecule has 2 rings (SSSR count). The van der Waals surface area contributed by atoms with Gasteiger partial charge < -0.3 is 20.1 Å². The molecule has 1 fully saturated rings. The number of benzene rings is 1. The highest BCUT2D eigenvalue weighted by Gasteiger charge is 2.21. The number of hydrogen-bond donors (Lipinski definition) is 1. The zero-order chi connectivity index (χ0) is 13.7. The maximum Gasteiger partial charge on any atom is 0.248 e. The smallest absolute Gasteiger partial charge is 0.248 e. The van der Waals surface area contributed by atoms with E-state index in [2.05, 4.69) is 0 Å². The number of nitrogens with zero attached hydrogens (tertiary/aromatic N) is 1. The van der Waals surface area contributed by atoms with E-state index in [4.69, 9.17) is 15.2 Å². The lowest BCUT2D eigenvalue weighted by Crippen LogP contribution is -2.44. The number of hydrogen-bond acceptors (Lipinski definition) is 4. The number of carbonyl (C=O) groups is 1. The van der Waals surface area contributed by atoms with Gasteiger partial charge in [0.05, 0.1) is 13.2 Å². The van der Waals surface area contributed by atoms with E-state index in [1.54, 1.807) is 4.90 Å². The molecule has 1 aromatic carbocycles. The Morgan fingerprint density at radius 2 is 2.16 bits per heavy atom. The molecular weight excluding hydrogens is 244 g/mol. The van der Waals surface area contributed by atoms with Crippen molar-refractivity contribution in [1.82, 2.24) is 4.90 Å². The van der Waals surface area contributed by atoms with Crippen molar-refractivity contribution in [2.24, 2.45) is 5.73 Å². The van der Waals surface area contributed by atoms with E-state index in [9.17, 15) is 4.79 Å². The van der Waals surface area contributed by atoms with Crippen LogP contribution in [0.15, 0.2) is 24.3 Å². The Balaban J connectivity index is 1.94. The number of amides is 1. The molecule has 104 valence electrons. The lowest BCUT2D eigenvalue weighted by atomic mass is 10.1. The van der Waals surface area contributed by atoms with Gasteiger partial charge in [-0.2, -0.15) is 0 Å². The average molecular weight is 264 g/mol. The largest absolute Gasteiger partial charge is 0.494 e. The molecule has 0 radical (unpaired) electrons. The van der Waals surface area contributed by atoms with Crippen LogP contribution < -0.4 is 10.5 Å². The van der Waals surface area contributed by atoms with Crippen LogP contribution in [-0.2, 0) is 9.53 Å². The molecule has 1 amide bonds. The minimum absolute atomic E-state index is 0.00707. The molecule has 2 N–H and O–H groups in total. The van der Waals surface area contributed by atoms with Gasteiger partial charge in [-0.1, -0.05) is 12.1 Å². The van der Waals surface area contributed by atoms with E-state index < -0.39 is 0 Å². The lowest BCUT2D eigenvalue weighted by molar-refractivity contribution is -0.142. The van der Waals surface area contributed by atoms with Gasteiger partial charge >= 0.3 is 0 Å². The number of carbonyl (C=O) groups excluding carboxylic acids is 1. The SMILES string of the molecule is CCOc1ccc(C(N)CN2CCOCC2=O)cc1. The first-order chi connectivity index (χ1) is 9.20. The fourth-order valence-corrected chi connectivity index (χ4v) is 2.06. The normalized spacial score (nSPS) is 17.4. The Kier molecular flexibility index (Phi) is 4.76. The predicted octanol–water partition coefficient (Wildman–Crippen LogP) is 0.944. The first-order valence-electron chi connectivity index (χ1n) is 6.54. The molecule has 19 heavy (non-hydrogen) atoms. The van der Waals surface area contributed by atoms with Gasteiger partial charge in [-0.05, 0) is 24.6 Å². The Morgan fingerprint density at radius 1 is 1.42 bits per heavy atom. The Hall–Kier alpha value is -1.59. The third kappa shape index (κ3) is 3.68. The van der Waals surface area contributed by atoms with Crippen molar-refractivity contribution in [2.75, 3.05) is 32.9 Å². The average Bonchev–Trinajstić information content (AvgIpc) is 2.42. The van der Waals surface area contributed by atoms with Gasteiger partial charge in [0.1, 0.15) is 12.4 Å². The molecule has 5 heteroatoms. The van der Waals surface area contributed by atoms with Crippen LogP contribution in [-0.4, -0.2) is 43.7 Å². The Labute approximate surface area is 113 Å². The minimum atomic E-state index is -0.183. The Morgan fingerprint density at radius 3 is 2.79 bits per heavy atom. The van der Waals surface area contributed by atoms with Gasteiger partial charge in [0.15, 0.2) is 0 Å². The maximum atomic E-state index is 11.6. The molecule has 1 unspecified atom stereocenters. The number of rotatable bonds is 5. The summed E-state index contributed by atoms with van der Waals surface area (Å²) in [6.45, 7) is 4.48. The summed E-state index contributed by atoms with van der Waals surface area (Å²) < 4.78 is 10.5. The van der Waals surface area contributed by atoms with Crippen molar-refractivity contribution < 1.29 is 14.3 Å². The fourth-order valence-electron chi connectivity index (χ4n) is 2.06. The standard InChI is InChI=1S/C14H20N2O3/c1-2-19-12-5-3-11(4-6-12)13(15)9-16-7-8-18-10-14(16)17/h3-6,13H,2,7-10,15H2,1H3. The second-order valence-corrected chi connectivity index (χ2v) is 4.50. The fraction of sp³-hybridized carbons (Fsp3) is 0.500. The Bertz CT molecular complexity index is 419. The molecular formula is C14H20N2O3. The molecule has 0 saturated carbocycles. The van der Waals surface area contributed by atoms with Crippen LogP contribution in [0.25, 0.3) is 0 Å². The summed E-state index contributed by atoms with van der Waals surface area (Å²) >= 11 is 0.